The van der Waals surface area contributed by atoms with E-state index in [2.05, 4.69) is 22.0 Å². The van der Waals surface area contributed by atoms with Crippen LogP contribution in [0.2, 0.25) is 10.0 Å². The van der Waals surface area contributed by atoms with Crippen molar-refractivity contribution >= 4 is 62.9 Å². The van der Waals surface area contributed by atoms with Gasteiger partial charge in [0.1, 0.15) is 11.2 Å². The maximum atomic E-state index is 15.8. The van der Waals surface area contributed by atoms with Crippen molar-refractivity contribution in [2.45, 2.75) is 43.7 Å². The van der Waals surface area contributed by atoms with Gasteiger partial charge in [-0.1, -0.05) is 41.4 Å². The molecule has 5 rings (SSSR count). The molecule has 1 fully saturated rings. The molecular weight excluding hydrogens is 576 g/mol. The average Bonchev–Trinajstić information content (AvgIpc) is 3.56. The fraction of sp³-hybridized carbons (Fsp3) is 0.286. The van der Waals surface area contributed by atoms with Crippen molar-refractivity contribution in [3.8, 4) is 6.07 Å². The minimum atomic E-state index is -1.50. The highest BCUT2D eigenvalue weighted by molar-refractivity contribution is 7.18. The minimum Gasteiger partial charge on any atom is -0.365 e. The van der Waals surface area contributed by atoms with E-state index in [1.54, 1.807) is 38.1 Å². The number of rotatable bonds is 6. The standard InChI is InChI=1S/C28H24Cl2FN5O3S/c1-27(2,12-32)11-19-28(15-7-6-13(29)10-17(15)34-26(28)39)21(14-4-3-5-16(30)22(14)31)23(35-19)25(38)36-20-9-8-18(40-20)24(33)37/h3-10,19,21,23,35H,11H2,1-2H3,(H2,33,37)(H,34,39)(H,36,38). The zero-order valence-electron chi connectivity index (χ0n) is 21.3. The minimum absolute atomic E-state index is 0.0689. The monoisotopic (exact) mass is 599 g/mol. The lowest BCUT2D eigenvalue weighted by Crippen LogP contribution is -2.50. The second kappa shape index (κ2) is 10.2. The molecule has 40 heavy (non-hydrogen) atoms. The van der Waals surface area contributed by atoms with Crippen LogP contribution in [-0.4, -0.2) is 29.8 Å². The topological polar surface area (TPSA) is 137 Å². The Bertz CT molecular complexity index is 1600. The number of anilines is 2. The number of halogens is 3. The Balaban J connectivity index is 1.72. The lowest BCUT2D eigenvalue weighted by Gasteiger charge is -2.37. The number of carbonyl (C=O) groups is 3. The van der Waals surface area contributed by atoms with Crippen LogP contribution in [0.25, 0.3) is 0 Å². The molecule has 2 aromatic carbocycles. The fourth-order valence-electron chi connectivity index (χ4n) is 5.83. The van der Waals surface area contributed by atoms with Crippen LogP contribution in [0.15, 0.2) is 48.5 Å². The van der Waals surface area contributed by atoms with Crippen molar-refractivity contribution in [3.05, 3.63) is 80.4 Å². The van der Waals surface area contributed by atoms with E-state index in [4.69, 9.17) is 28.9 Å². The molecule has 1 spiro atoms. The highest BCUT2D eigenvalue weighted by Gasteiger charge is 2.66. The van der Waals surface area contributed by atoms with Gasteiger partial charge in [0.15, 0.2) is 0 Å². The molecule has 5 N–H and O–H groups in total. The summed E-state index contributed by atoms with van der Waals surface area (Å²) in [4.78, 5) is 39.9. The summed E-state index contributed by atoms with van der Waals surface area (Å²) in [5, 5.41) is 19.4. The summed E-state index contributed by atoms with van der Waals surface area (Å²) in [6, 6.07) is 12.8. The molecule has 8 nitrogen and oxygen atoms in total. The number of primary amides is 1. The zero-order chi connectivity index (χ0) is 29.0. The van der Waals surface area contributed by atoms with Gasteiger partial charge in [0.25, 0.3) is 5.91 Å². The van der Waals surface area contributed by atoms with Crippen molar-refractivity contribution in [3.63, 3.8) is 0 Å². The number of nitrogens with zero attached hydrogens (tertiary/aromatic N) is 1. The molecule has 0 saturated carbocycles. The van der Waals surface area contributed by atoms with Gasteiger partial charge in [0.2, 0.25) is 11.8 Å². The van der Waals surface area contributed by atoms with Crippen molar-refractivity contribution in [2.75, 3.05) is 10.6 Å². The molecule has 206 valence electrons. The largest absolute Gasteiger partial charge is 0.365 e. The van der Waals surface area contributed by atoms with Crippen molar-refractivity contribution in [1.82, 2.24) is 5.32 Å². The van der Waals surface area contributed by atoms with Crippen molar-refractivity contribution in [1.29, 1.82) is 5.26 Å². The summed E-state index contributed by atoms with van der Waals surface area (Å²) in [5.41, 5.74) is 3.98. The first kappa shape index (κ1) is 28.1. The van der Waals surface area contributed by atoms with Crippen LogP contribution in [0, 0.1) is 22.6 Å². The summed E-state index contributed by atoms with van der Waals surface area (Å²) in [7, 11) is 0. The third-order valence-electron chi connectivity index (χ3n) is 7.52. The van der Waals surface area contributed by atoms with E-state index in [0.717, 1.165) is 11.3 Å². The predicted molar refractivity (Wildman–Crippen MR) is 152 cm³/mol. The van der Waals surface area contributed by atoms with Gasteiger partial charge in [-0.15, -0.1) is 11.3 Å². The lowest BCUT2D eigenvalue weighted by molar-refractivity contribution is -0.122. The molecule has 2 aliphatic rings. The Hall–Kier alpha value is -3.49. The van der Waals surface area contributed by atoms with Crippen LogP contribution >= 0.6 is 34.5 Å². The van der Waals surface area contributed by atoms with Crippen LogP contribution < -0.4 is 21.7 Å². The third kappa shape index (κ3) is 4.53. The second-order valence-corrected chi connectivity index (χ2v) is 12.5. The number of hydrogen-bond acceptors (Lipinski definition) is 6. The summed E-state index contributed by atoms with van der Waals surface area (Å²) in [6.45, 7) is 3.47. The van der Waals surface area contributed by atoms with E-state index >= 15 is 4.39 Å². The highest BCUT2D eigenvalue weighted by Crippen LogP contribution is 2.57. The first-order valence-electron chi connectivity index (χ1n) is 12.3. The molecule has 3 aromatic rings. The quantitative estimate of drug-likeness (QED) is 0.309. The Morgan fingerprint density at radius 2 is 1.98 bits per heavy atom. The summed E-state index contributed by atoms with van der Waals surface area (Å²) < 4.78 is 15.8. The number of thiophene rings is 1. The number of nitrogens with one attached hydrogen (secondary N) is 3. The average molecular weight is 601 g/mol. The Morgan fingerprint density at radius 3 is 2.65 bits per heavy atom. The van der Waals surface area contributed by atoms with Crippen LogP contribution in [-0.2, 0) is 15.0 Å². The first-order valence-corrected chi connectivity index (χ1v) is 13.9. The van der Waals surface area contributed by atoms with Gasteiger partial charge < -0.3 is 21.7 Å². The molecule has 0 aliphatic carbocycles. The maximum Gasteiger partial charge on any atom is 0.258 e. The van der Waals surface area contributed by atoms with E-state index in [9.17, 15) is 19.6 Å². The number of fused-ring (bicyclic) bond motifs is 2. The Morgan fingerprint density at radius 1 is 1.23 bits per heavy atom. The number of amides is 3. The predicted octanol–water partition coefficient (Wildman–Crippen LogP) is 5.19. The van der Waals surface area contributed by atoms with E-state index in [0.29, 0.717) is 21.3 Å². The molecule has 4 atom stereocenters. The first-order chi connectivity index (χ1) is 18.9. The summed E-state index contributed by atoms with van der Waals surface area (Å²) in [5.74, 6) is -3.49. The van der Waals surface area contributed by atoms with Crippen LogP contribution in [0.5, 0.6) is 0 Å². The molecule has 0 bridgehead atoms. The van der Waals surface area contributed by atoms with Gasteiger partial charge in [0, 0.05) is 22.7 Å². The van der Waals surface area contributed by atoms with Gasteiger partial charge in [0.05, 0.1) is 32.4 Å². The van der Waals surface area contributed by atoms with Crippen molar-refractivity contribution < 1.29 is 18.8 Å². The summed E-state index contributed by atoms with van der Waals surface area (Å²) >= 11 is 13.4. The molecule has 12 heteroatoms. The van der Waals surface area contributed by atoms with E-state index in [1.165, 1.54) is 24.3 Å². The van der Waals surface area contributed by atoms with Gasteiger partial charge in [-0.3, -0.25) is 14.4 Å². The second-order valence-electron chi connectivity index (χ2n) is 10.5. The van der Waals surface area contributed by atoms with E-state index in [1.807, 2.05) is 0 Å². The molecule has 0 radical (unpaired) electrons. The molecule has 3 amide bonds. The van der Waals surface area contributed by atoms with Crippen LogP contribution in [0.3, 0.4) is 0 Å². The molecule has 1 saturated heterocycles. The number of carbonyl (C=O) groups excluding carboxylic acids is 3. The molecule has 1 aromatic heterocycles. The van der Waals surface area contributed by atoms with Gasteiger partial charge in [-0.05, 0) is 61.7 Å². The molecule has 2 aliphatic heterocycles. The number of hydrogen-bond donors (Lipinski definition) is 4. The van der Waals surface area contributed by atoms with Gasteiger partial charge in [-0.2, -0.15) is 5.26 Å². The Kier molecular flexibility index (Phi) is 7.13. The van der Waals surface area contributed by atoms with Crippen LogP contribution in [0.4, 0.5) is 15.1 Å². The normalized spacial score (nSPS) is 23.5. The lowest BCUT2D eigenvalue weighted by atomic mass is 9.62. The molecular formula is C28H24Cl2FN5O3S. The van der Waals surface area contributed by atoms with Crippen molar-refractivity contribution in [2.24, 2.45) is 11.1 Å². The van der Waals surface area contributed by atoms with E-state index in [-0.39, 0.29) is 21.9 Å². The van der Waals surface area contributed by atoms with Crippen LogP contribution in [0.1, 0.15) is 47.0 Å². The fourth-order valence-corrected chi connectivity index (χ4v) is 6.95. The highest BCUT2D eigenvalue weighted by atomic mass is 35.5. The Labute approximate surface area is 243 Å². The van der Waals surface area contributed by atoms with Gasteiger partial charge >= 0.3 is 0 Å². The third-order valence-corrected chi connectivity index (χ3v) is 9.06. The SMILES string of the molecule is CC(C)(C#N)CC1NC(C(=O)Nc2ccc(C(N)=O)s2)C(c2cccc(Cl)c2F)C12C(=O)Nc1cc(Cl)ccc12. The number of nitriles is 1. The number of nitrogens with two attached hydrogens (primary N) is 1. The number of benzene rings is 2. The van der Waals surface area contributed by atoms with Gasteiger partial charge in [-0.25, -0.2) is 4.39 Å². The van der Waals surface area contributed by atoms with E-state index < -0.39 is 52.4 Å². The maximum absolute atomic E-state index is 15.8. The summed E-state index contributed by atoms with van der Waals surface area (Å²) in [6.07, 6.45) is 0.159. The smallest absolute Gasteiger partial charge is 0.258 e. The molecule has 4 unspecified atom stereocenters. The molecule has 3 heterocycles. The zero-order valence-corrected chi connectivity index (χ0v) is 23.7.